The third-order valence-corrected chi connectivity index (χ3v) is 5.05. The van der Waals surface area contributed by atoms with E-state index in [0.717, 1.165) is 12.1 Å². The van der Waals surface area contributed by atoms with E-state index in [-0.39, 0.29) is 33.8 Å². The average molecular weight is 475 g/mol. The molecule has 0 aromatic heterocycles. The highest BCUT2D eigenvalue weighted by molar-refractivity contribution is 5.89. The van der Waals surface area contributed by atoms with Crippen LogP contribution >= 0.6 is 0 Å². The third kappa shape index (κ3) is 5.98. The lowest BCUT2D eigenvalue weighted by Gasteiger charge is -2.13. The average Bonchev–Trinajstić information content (AvgIpc) is 2.78. The Bertz CT molecular complexity index is 1290. The Morgan fingerprint density at radius 3 is 1.37 bits per heavy atom. The molecule has 0 bridgehead atoms. The largest absolute Gasteiger partial charge is 0.423 e. The van der Waals surface area contributed by atoms with E-state index >= 15 is 8.78 Å². The Labute approximate surface area is 202 Å². The van der Waals surface area contributed by atoms with Crippen LogP contribution in [0.15, 0.2) is 85.5 Å². The molecule has 4 nitrogen and oxygen atoms in total. The van der Waals surface area contributed by atoms with Gasteiger partial charge in [0.2, 0.25) is 0 Å². The molecule has 3 aromatic rings. The van der Waals surface area contributed by atoms with Crippen LogP contribution < -0.4 is 9.47 Å². The van der Waals surface area contributed by atoms with Crippen LogP contribution in [0.25, 0.3) is 27.8 Å². The van der Waals surface area contributed by atoms with Gasteiger partial charge in [0, 0.05) is 34.4 Å². The highest BCUT2D eigenvalue weighted by atomic mass is 19.1. The van der Waals surface area contributed by atoms with E-state index in [1.807, 2.05) is 0 Å². The highest BCUT2D eigenvalue weighted by Crippen LogP contribution is 2.35. The molecule has 0 atom stereocenters. The molecule has 0 amide bonds. The predicted octanol–water partition coefficient (Wildman–Crippen LogP) is 7.29. The van der Waals surface area contributed by atoms with Crippen molar-refractivity contribution in [2.75, 3.05) is 0 Å². The van der Waals surface area contributed by atoms with Crippen LogP contribution in [0.3, 0.4) is 0 Å². The number of hydrogen-bond donors (Lipinski definition) is 0. The van der Waals surface area contributed by atoms with Crippen molar-refractivity contribution in [3.63, 3.8) is 0 Å². The minimum absolute atomic E-state index is 0.0430. The maximum absolute atomic E-state index is 15.0. The minimum Gasteiger partial charge on any atom is -0.423 e. The van der Waals surface area contributed by atoms with Gasteiger partial charge in [-0.1, -0.05) is 25.3 Å². The number of allylic oxidation sites excluding steroid dienone is 1. The van der Waals surface area contributed by atoms with Gasteiger partial charge in [0.1, 0.15) is 23.1 Å². The Morgan fingerprint density at radius 1 is 0.657 bits per heavy atom. The number of halogens is 2. The zero-order valence-electron chi connectivity index (χ0n) is 19.7. The number of carbonyl (C=O) groups excluding carboxylic acids is 2. The summed E-state index contributed by atoms with van der Waals surface area (Å²) in [5, 5.41) is 0. The monoisotopic (exact) mass is 474 g/mol. The second kappa shape index (κ2) is 10.3. The topological polar surface area (TPSA) is 52.6 Å². The summed E-state index contributed by atoms with van der Waals surface area (Å²) in [5.41, 5.74) is 3.20. The van der Waals surface area contributed by atoms with Gasteiger partial charge in [0.25, 0.3) is 0 Å². The van der Waals surface area contributed by atoms with Crippen LogP contribution in [0, 0.1) is 11.6 Å². The molecule has 35 heavy (non-hydrogen) atoms. The lowest BCUT2D eigenvalue weighted by atomic mass is 9.93. The smallest absolute Gasteiger partial charge is 0.338 e. The van der Waals surface area contributed by atoms with Crippen LogP contribution in [-0.2, 0) is 9.59 Å². The van der Waals surface area contributed by atoms with Gasteiger partial charge in [-0.3, -0.25) is 0 Å². The van der Waals surface area contributed by atoms with E-state index in [0.29, 0.717) is 22.3 Å². The van der Waals surface area contributed by atoms with Crippen LogP contribution in [0.1, 0.15) is 26.3 Å². The van der Waals surface area contributed by atoms with Gasteiger partial charge in [-0.15, -0.1) is 0 Å². The molecule has 3 aromatic carbocycles. The van der Waals surface area contributed by atoms with Crippen LogP contribution in [-0.4, -0.2) is 11.9 Å². The molecule has 3 rings (SSSR count). The standard InChI is InChI=1S/C29H24F2O4/c1-16(2)19-11-20(24-9-7-22(14-26(24)30)34-28(32)17(3)4)13-21(12-19)25-10-8-23(15-27(25)31)35-29(33)18(5)6/h7-15H,1,3,5H2,2,4,6H3. The summed E-state index contributed by atoms with van der Waals surface area (Å²) in [4.78, 5) is 23.5. The fourth-order valence-electron chi connectivity index (χ4n) is 3.16. The molecule has 0 aliphatic heterocycles. The summed E-state index contributed by atoms with van der Waals surface area (Å²) >= 11 is 0. The van der Waals surface area contributed by atoms with E-state index in [4.69, 9.17) is 9.47 Å². The SMILES string of the molecule is C=C(C)C(=O)Oc1ccc(-c2cc(C(=C)C)cc(-c3ccc(OC(=O)C(=C)C)cc3F)c2)c(F)c1. The second-order valence-electron chi connectivity index (χ2n) is 8.20. The number of esters is 2. The molecule has 0 spiro atoms. The van der Waals surface area contributed by atoms with Gasteiger partial charge in [0.15, 0.2) is 0 Å². The zero-order valence-corrected chi connectivity index (χ0v) is 19.7. The number of carbonyl (C=O) groups is 2. The summed E-state index contributed by atoms with van der Waals surface area (Å²) in [5.74, 6) is -2.47. The maximum atomic E-state index is 15.0. The van der Waals surface area contributed by atoms with E-state index < -0.39 is 23.6 Å². The first-order valence-corrected chi connectivity index (χ1v) is 10.6. The van der Waals surface area contributed by atoms with Crippen molar-refractivity contribution in [3.05, 3.63) is 103 Å². The van der Waals surface area contributed by atoms with E-state index in [2.05, 4.69) is 19.7 Å². The van der Waals surface area contributed by atoms with Crippen molar-refractivity contribution in [3.8, 4) is 33.8 Å². The van der Waals surface area contributed by atoms with Crippen molar-refractivity contribution in [2.45, 2.75) is 20.8 Å². The fourth-order valence-corrected chi connectivity index (χ4v) is 3.16. The first-order valence-electron chi connectivity index (χ1n) is 10.6. The van der Waals surface area contributed by atoms with Gasteiger partial charge >= 0.3 is 11.9 Å². The molecule has 0 unspecified atom stereocenters. The lowest BCUT2D eigenvalue weighted by molar-refractivity contribution is -0.130. The molecule has 0 radical (unpaired) electrons. The van der Waals surface area contributed by atoms with Crippen LogP contribution in [0.4, 0.5) is 8.78 Å². The molecule has 6 heteroatoms. The third-order valence-electron chi connectivity index (χ3n) is 5.05. The van der Waals surface area contributed by atoms with Crippen molar-refractivity contribution in [2.24, 2.45) is 0 Å². The van der Waals surface area contributed by atoms with Gasteiger partial charge < -0.3 is 9.47 Å². The fraction of sp³-hybridized carbons (Fsp3) is 0.103. The molecule has 178 valence electrons. The molecule has 0 heterocycles. The number of hydrogen-bond acceptors (Lipinski definition) is 4. The summed E-state index contributed by atoms with van der Waals surface area (Å²) in [6, 6.07) is 13.2. The summed E-state index contributed by atoms with van der Waals surface area (Å²) in [6.07, 6.45) is 0. The van der Waals surface area contributed by atoms with Gasteiger partial charge in [-0.25, -0.2) is 18.4 Å². The number of rotatable bonds is 7. The lowest BCUT2D eigenvalue weighted by Crippen LogP contribution is -2.08. The summed E-state index contributed by atoms with van der Waals surface area (Å²) < 4.78 is 40.2. The highest BCUT2D eigenvalue weighted by Gasteiger charge is 2.15. The van der Waals surface area contributed by atoms with E-state index in [1.54, 1.807) is 25.1 Å². The Kier molecular flexibility index (Phi) is 7.45. The minimum atomic E-state index is -0.656. The Morgan fingerprint density at radius 2 is 1.06 bits per heavy atom. The summed E-state index contributed by atoms with van der Waals surface area (Å²) in [6.45, 7) is 15.7. The normalized spacial score (nSPS) is 10.4. The number of ether oxygens (including phenoxy) is 2. The first-order chi connectivity index (χ1) is 16.5. The number of benzene rings is 3. The van der Waals surface area contributed by atoms with Gasteiger partial charge in [-0.05, 0) is 79.9 Å². The van der Waals surface area contributed by atoms with Crippen molar-refractivity contribution < 1.29 is 27.8 Å². The molecule has 0 saturated carbocycles. The zero-order chi connectivity index (χ0) is 25.9. The van der Waals surface area contributed by atoms with Gasteiger partial charge in [0.05, 0.1) is 0 Å². The second-order valence-corrected chi connectivity index (χ2v) is 8.20. The van der Waals surface area contributed by atoms with Crippen molar-refractivity contribution in [1.82, 2.24) is 0 Å². The van der Waals surface area contributed by atoms with E-state index in [9.17, 15) is 9.59 Å². The Balaban J connectivity index is 2.03. The molecular weight excluding hydrogens is 450 g/mol. The quantitative estimate of drug-likeness (QED) is 0.205. The predicted molar refractivity (Wildman–Crippen MR) is 133 cm³/mol. The van der Waals surface area contributed by atoms with Crippen LogP contribution in [0.2, 0.25) is 0 Å². The Hall–Kier alpha value is -4.32. The molecule has 0 saturated heterocycles. The summed E-state index contributed by atoms with van der Waals surface area (Å²) in [7, 11) is 0. The molecule has 0 fully saturated rings. The first kappa shape index (κ1) is 25.3. The molecule has 0 aliphatic rings. The molecule has 0 N–H and O–H groups in total. The molecule has 0 aliphatic carbocycles. The van der Waals surface area contributed by atoms with Gasteiger partial charge in [-0.2, -0.15) is 0 Å². The van der Waals surface area contributed by atoms with Crippen molar-refractivity contribution in [1.29, 1.82) is 0 Å². The molecular formula is C29H24F2O4. The maximum Gasteiger partial charge on any atom is 0.338 e. The van der Waals surface area contributed by atoms with E-state index in [1.165, 1.54) is 38.1 Å². The van der Waals surface area contributed by atoms with Crippen molar-refractivity contribution >= 4 is 17.5 Å². The van der Waals surface area contributed by atoms with Crippen LogP contribution in [0.5, 0.6) is 11.5 Å².